The summed E-state index contributed by atoms with van der Waals surface area (Å²) in [5.41, 5.74) is 0.551. The third-order valence-corrected chi connectivity index (χ3v) is 5.67. The predicted molar refractivity (Wildman–Crippen MR) is 110 cm³/mol. The predicted octanol–water partition coefficient (Wildman–Crippen LogP) is 3.85. The van der Waals surface area contributed by atoms with Gasteiger partial charge in [-0.25, -0.2) is 4.98 Å². The number of hydrogen-bond acceptors (Lipinski definition) is 5. The molecule has 0 saturated heterocycles. The van der Waals surface area contributed by atoms with E-state index >= 15 is 0 Å². The van der Waals surface area contributed by atoms with E-state index in [0.717, 1.165) is 17.0 Å². The number of para-hydroxylation sites is 1. The molecular weight excluding hydrogens is 374 g/mol. The van der Waals surface area contributed by atoms with Crippen molar-refractivity contribution in [2.75, 3.05) is 4.90 Å². The summed E-state index contributed by atoms with van der Waals surface area (Å²) in [4.78, 5) is 33.7. The molecule has 7 heteroatoms. The number of thiophene rings is 1. The van der Waals surface area contributed by atoms with Crippen LogP contribution in [0.25, 0.3) is 10.2 Å². The fraction of sp³-hybridized carbons (Fsp3) is 0.190. The smallest absolute Gasteiger partial charge is 0.262 e. The first-order valence-corrected chi connectivity index (χ1v) is 9.83. The van der Waals surface area contributed by atoms with E-state index in [4.69, 9.17) is 4.42 Å². The maximum absolute atomic E-state index is 13.1. The molecule has 4 aromatic rings. The van der Waals surface area contributed by atoms with Crippen LogP contribution >= 0.6 is 11.3 Å². The van der Waals surface area contributed by atoms with E-state index in [2.05, 4.69) is 4.98 Å². The van der Waals surface area contributed by atoms with E-state index in [0.29, 0.717) is 22.5 Å². The van der Waals surface area contributed by atoms with Crippen molar-refractivity contribution >= 4 is 33.1 Å². The largest absolute Gasteiger partial charge is 0.467 e. The Balaban J connectivity index is 1.65. The summed E-state index contributed by atoms with van der Waals surface area (Å²) in [6.45, 7) is 2.24. The van der Waals surface area contributed by atoms with E-state index in [-0.39, 0.29) is 18.0 Å². The van der Waals surface area contributed by atoms with Gasteiger partial charge in [0.05, 0.1) is 24.5 Å². The van der Waals surface area contributed by atoms with Gasteiger partial charge in [0.15, 0.2) is 0 Å². The molecule has 0 aliphatic rings. The van der Waals surface area contributed by atoms with Crippen molar-refractivity contribution in [2.24, 2.45) is 0 Å². The van der Waals surface area contributed by atoms with Gasteiger partial charge in [-0.1, -0.05) is 25.1 Å². The Morgan fingerprint density at radius 1 is 1.21 bits per heavy atom. The summed E-state index contributed by atoms with van der Waals surface area (Å²) in [7, 11) is 0. The van der Waals surface area contributed by atoms with Gasteiger partial charge >= 0.3 is 0 Å². The monoisotopic (exact) mass is 393 g/mol. The number of carbonyl (C=O) groups excluding carboxylic acids is 1. The average Bonchev–Trinajstić information content (AvgIpc) is 3.38. The highest BCUT2D eigenvalue weighted by Gasteiger charge is 2.19. The number of aryl methyl sites for hydroxylation is 1. The molecule has 3 aromatic heterocycles. The van der Waals surface area contributed by atoms with E-state index in [1.807, 2.05) is 49.4 Å². The first kappa shape index (κ1) is 18.2. The Hall–Kier alpha value is -3.19. The third-order valence-electron chi connectivity index (χ3n) is 4.49. The topological polar surface area (TPSA) is 68.3 Å². The van der Waals surface area contributed by atoms with Gasteiger partial charge in [0, 0.05) is 10.6 Å². The summed E-state index contributed by atoms with van der Waals surface area (Å²) >= 11 is 1.51. The van der Waals surface area contributed by atoms with Gasteiger partial charge in [-0.3, -0.25) is 14.2 Å². The summed E-state index contributed by atoms with van der Waals surface area (Å²) in [5.74, 6) is 0.459. The zero-order chi connectivity index (χ0) is 19.5. The number of fused-ring (bicyclic) bond motifs is 1. The molecule has 0 spiro atoms. The highest BCUT2D eigenvalue weighted by molar-refractivity contribution is 7.18. The number of anilines is 1. The number of amides is 1. The highest BCUT2D eigenvalue weighted by Crippen LogP contribution is 2.21. The van der Waals surface area contributed by atoms with Crippen LogP contribution in [0.15, 0.2) is 70.3 Å². The third kappa shape index (κ3) is 3.61. The molecule has 1 amide bonds. The lowest BCUT2D eigenvalue weighted by atomic mass is 10.2. The average molecular weight is 393 g/mol. The molecule has 0 atom stereocenters. The lowest BCUT2D eigenvalue weighted by Gasteiger charge is -2.22. The van der Waals surface area contributed by atoms with Crippen LogP contribution in [0.2, 0.25) is 0 Å². The molecule has 28 heavy (non-hydrogen) atoms. The molecule has 4 rings (SSSR count). The van der Waals surface area contributed by atoms with Gasteiger partial charge in [-0.05, 0) is 36.8 Å². The zero-order valence-corrected chi connectivity index (χ0v) is 16.2. The Morgan fingerprint density at radius 2 is 2.04 bits per heavy atom. The first-order chi connectivity index (χ1) is 13.7. The maximum atomic E-state index is 13.1. The molecule has 0 bridgehead atoms. The van der Waals surface area contributed by atoms with Gasteiger partial charge in [-0.15, -0.1) is 11.3 Å². The number of benzene rings is 1. The Kier molecular flexibility index (Phi) is 5.08. The quantitative estimate of drug-likeness (QED) is 0.499. The van der Waals surface area contributed by atoms with Crippen LogP contribution < -0.4 is 10.5 Å². The summed E-state index contributed by atoms with van der Waals surface area (Å²) in [5, 5.41) is 0.564. The van der Waals surface area contributed by atoms with Crippen molar-refractivity contribution in [1.29, 1.82) is 0 Å². The van der Waals surface area contributed by atoms with Crippen LogP contribution in [0.4, 0.5) is 5.69 Å². The first-order valence-electron chi connectivity index (χ1n) is 9.01. The van der Waals surface area contributed by atoms with Gasteiger partial charge in [-0.2, -0.15) is 0 Å². The minimum Gasteiger partial charge on any atom is -0.467 e. The SMILES string of the molecule is CCc1cc2c(=O)n(CC(=O)N(Cc3ccco3)c3ccccc3)cnc2s1. The van der Waals surface area contributed by atoms with Crippen molar-refractivity contribution in [3.63, 3.8) is 0 Å². The van der Waals surface area contributed by atoms with Gasteiger partial charge in [0.2, 0.25) is 5.91 Å². The van der Waals surface area contributed by atoms with E-state index < -0.39 is 0 Å². The Bertz CT molecular complexity index is 1150. The second kappa shape index (κ2) is 7.82. The molecule has 142 valence electrons. The molecule has 0 N–H and O–H groups in total. The second-order valence-corrected chi connectivity index (χ2v) is 7.47. The molecule has 0 radical (unpaired) electrons. The number of furan rings is 1. The molecule has 0 aliphatic heterocycles. The molecule has 6 nitrogen and oxygen atoms in total. The van der Waals surface area contributed by atoms with E-state index in [1.165, 1.54) is 22.2 Å². The van der Waals surface area contributed by atoms with Crippen LogP contribution in [-0.4, -0.2) is 15.5 Å². The zero-order valence-electron chi connectivity index (χ0n) is 15.4. The minimum absolute atomic E-state index is 0.0886. The maximum Gasteiger partial charge on any atom is 0.262 e. The van der Waals surface area contributed by atoms with Crippen LogP contribution in [0.5, 0.6) is 0 Å². The van der Waals surface area contributed by atoms with Crippen molar-refractivity contribution in [3.8, 4) is 0 Å². The highest BCUT2D eigenvalue weighted by atomic mass is 32.1. The lowest BCUT2D eigenvalue weighted by molar-refractivity contribution is -0.119. The fourth-order valence-corrected chi connectivity index (χ4v) is 3.94. The summed E-state index contributed by atoms with van der Waals surface area (Å²) in [6.07, 6.45) is 3.88. The summed E-state index contributed by atoms with van der Waals surface area (Å²) < 4.78 is 6.78. The number of hydrogen-bond donors (Lipinski definition) is 0. The number of aromatic nitrogens is 2. The standard InChI is InChI=1S/C21H19N3O3S/c1-2-17-11-18-20(28-17)22-14-23(21(18)26)13-19(25)24(12-16-9-6-10-27-16)15-7-4-3-5-8-15/h3-11,14H,2,12-13H2,1H3. The molecule has 0 aliphatic carbocycles. The molecule has 0 unspecified atom stereocenters. The Morgan fingerprint density at radius 3 is 2.75 bits per heavy atom. The molecule has 0 saturated carbocycles. The van der Waals surface area contributed by atoms with Gasteiger partial charge in [0.1, 0.15) is 17.1 Å². The minimum atomic E-state index is -0.211. The van der Waals surface area contributed by atoms with Crippen molar-refractivity contribution in [2.45, 2.75) is 26.4 Å². The molecule has 0 fully saturated rings. The second-order valence-electron chi connectivity index (χ2n) is 6.36. The number of carbonyl (C=O) groups is 1. The van der Waals surface area contributed by atoms with Crippen molar-refractivity contribution in [3.05, 3.63) is 82.1 Å². The van der Waals surface area contributed by atoms with Crippen LogP contribution in [0.1, 0.15) is 17.6 Å². The summed E-state index contributed by atoms with van der Waals surface area (Å²) in [6, 6.07) is 14.8. The fourth-order valence-electron chi connectivity index (χ4n) is 3.02. The van der Waals surface area contributed by atoms with E-state index in [1.54, 1.807) is 17.2 Å². The molecule has 1 aromatic carbocycles. The van der Waals surface area contributed by atoms with Crippen LogP contribution in [0.3, 0.4) is 0 Å². The molecule has 3 heterocycles. The Labute approximate surface area is 165 Å². The van der Waals surface area contributed by atoms with Crippen molar-refractivity contribution in [1.82, 2.24) is 9.55 Å². The van der Waals surface area contributed by atoms with Gasteiger partial charge < -0.3 is 9.32 Å². The van der Waals surface area contributed by atoms with Gasteiger partial charge in [0.25, 0.3) is 5.56 Å². The number of nitrogens with zero attached hydrogens (tertiary/aromatic N) is 3. The molecular formula is C21H19N3O3S. The van der Waals surface area contributed by atoms with E-state index in [9.17, 15) is 9.59 Å². The van der Waals surface area contributed by atoms with Crippen molar-refractivity contribution < 1.29 is 9.21 Å². The lowest BCUT2D eigenvalue weighted by Crippen LogP contribution is -2.36. The normalized spacial score (nSPS) is 11.0. The van der Waals surface area contributed by atoms with Crippen LogP contribution in [-0.2, 0) is 24.3 Å². The van der Waals surface area contributed by atoms with Crippen LogP contribution in [0, 0.1) is 0 Å². The number of rotatable bonds is 6.